The van der Waals surface area contributed by atoms with Gasteiger partial charge in [0.15, 0.2) is 0 Å². The van der Waals surface area contributed by atoms with E-state index in [1.54, 1.807) is 11.3 Å². The molecule has 1 fully saturated rings. The van der Waals surface area contributed by atoms with Crippen LogP contribution in [0.3, 0.4) is 0 Å². The third kappa shape index (κ3) is 2.52. The number of aromatic nitrogens is 2. The minimum Gasteiger partial charge on any atom is -0.350 e. The third-order valence-corrected chi connectivity index (χ3v) is 5.24. The quantitative estimate of drug-likeness (QED) is 0.804. The lowest BCUT2D eigenvalue weighted by Gasteiger charge is -2.01. The van der Waals surface area contributed by atoms with Gasteiger partial charge >= 0.3 is 0 Å². The SMILES string of the molecule is Cc1ccc([C@H]2C[C@@H]2C(=O)NCc2cn3ccccc3n2)s1. The number of carbonyl (C=O) groups is 1. The number of amides is 1. The molecular formula is C17H17N3OS. The molecule has 1 saturated carbocycles. The number of pyridine rings is 1. The molecule has 1 aliphatic rings. The van der Waals surface area contributed by atoms with Crippen LogP contribution >= 0.6 is 11.3 Å². The Morgan fingerprint density at radius 3 is 3.09 bits per heavy atom. The van der Waals surface area contributed by atoms with E-state index in [9.17, 15) is 4.79 Å². The summed E-state index contributed by atoms with van der Waals surface area (Å²) in [5.41, 5.74) is 1.80. The normalized spacial score (nSPS) is 20.2. The molecule has 0 unspecified atom stereocenters. The summed E-state index contributed by atoms with van der Waals surface area (Å²) >= 11 is 1.80. The van der Waals surface area contributed by atoms with Crippen LogP contribution in [0.15, 0.2) is 42.7 Å². The van der Waals surface area contributed by atoms with E-state index in [1.807, 2.05) is 35.0 Å². The van der Waals surface area contributed by atoms with Crippen molar-refractivity contribution in [2.45, 2.75) is 25.8 Å². The van der Waals surface area contributed by atoms with Crippen molar-refractivity contribution in [3.63, 3.8) is 0 Å². The van der Waals surface area contributed by atoms with Crippen LogP contribution in [0.2, 0.25) is 0 Å². The molecule has 22 heavy (non-hydrogen) atoms. The van der Waals surface area contributed by atoms with E-state index < -0.39 is 0 Å². The molecule has 4 nitrogen and oxygen atoms in total. The van der Waals surface area contributed by atoms with Gasteiger partial charge in [-0.05, 0) is 37.6 Å². The minimum absolute atomic E-state index is 0.134. The molecule has 2 atom stereocenters. The van der Waals surface area contributed by atoms with Crippen LogP contribution in [0.1, 0.15) is 27.8 Å². The Morgan fingerprint density at radius 2 is 2.32 bits per heavy atom. The Balaban J connectivity index is 1.37. The number of aryl methyl sites for hydroxylation is 1. The summed E-state index contributed by atoms with van der Waals surface area (Å²) in [5, 5.41) is 3.02. The fourth-order valence-electron chi connectivity index (χ4n) is 2.83. The number of nitrogens with one attached hydrogen (secondary N) is 1. The molecule has 1 N–H and O–H groups in total. The molecule has 5 heteroatoms. The van der Waals surface area contributed by atoms with Crippen molar-refractivity contribution in [2.75, 3.05) is 0 Å². The van der Waals surface area contributed by atoms with Gasteiger partial charge in [-0.2, -0.15) is 0 Å². The number of hydrogen-bond acceptors (Lipinski definition) is 3. The van der Waals surface area contributed by atoms with Crippen LogP contribution in [0.5, 0.6) is 0 Å². The molecule has 0 aliphatic heterocycles. The van der Waals surface area contributed by atoms with Gasteiger partial charge in [-0.15, -0.1) is 11.3 Å². The summed E-state index contributed by atoms with van der Waals surface area (Å²) in [6.45, 7) is 2.60. The van der Waals surface area contributed by atoms with E-state index in [2.05, 4.69) is 29.4 Å². The lowest BCUT2D eigenvalue weighted by Crippen LogP contribution is -2.24. The van der Waals surface area contributed by atoms with Gasteiger partial charge in [0.25, 0.3) is 0 Å². The first-order chi connectivity index (χ1) is 10.7. The number of rotatable bonds is 4. The molecule has 112 valence electrons. The van der Waals surface area contributed by atoms with Gasteiger partial charge < -0.3 is 9.72 Å². The lowest BCUT2D eigenvalue weighted by molar-refractivity contribution is -0.122. The van der Waals surface area contributed by atoms with Gasteiger partial charge in [0.1, 0.15) is 5.65 Å². The monoisotopic (exact) mass is 311 g/mol. The van der Waals surface area contributed by atoms with Crippen molar-refractivity contribution in [2.24, 2.45) is 5.92 Å². The lowest BCUT2D eigenvalue weighted by atomic mass is 10.2. The zero-order valence-corrected chi connectivity index (χ0v) is 13.1. The fraction of sp³-hybridized carbons (Fsp3) is 0.294. The van der Waals surface area contributed by atoms with Gasteiger partial charge in [-0.1, -0.05) is 6.07 Å². The standard InChI is InChI=1S/C17H17N3OS/c1-11-5-6-15(22-11)13-8-14(13)17(21)18-9-12-10-20-7-3-2-4-16(20)19-12/h2-7,10,13-14H,8-9H2,1H3,(H,18,21)/t13-,14-/m0/s1. The van der Waals surface area contributed by atoms with Gasteiger partial charge in [0, 0.05) is 34.0 Å². The Morgan fingerprint density at radius 1 is 1.41 bits per heavy atom. The Hall–Kier alpha value is -2.14. The first-order valence-corrected chi connectivity index (χ1v) is 8.29. The molecule has 0 bridgehead atoms. The van der Waals surface area contributed by atoms with Gasteiger partial charge in [-0.25, -0.2) is 4.98 Å². The van der Waals surface area contributed by atoms with Crippen LogP contribution in [0.4, 0.5) is 0 Å². The van der Waals surface area contributed by atoms with Crippen molar-refractivity contribution in [3.8, 4) is 0 Å². The maximum atomic E-state index is 12.2. The van der Waals surface area contributed by atoms with E-state index in [0.29, 0.717) is 12.5 Å². The van der Waals surface area contributed by atoms with E-state index in [-0.39, 0.29) is 11.8 Å². The second-order valence-electron chi connectivity index (χ2n) is 5.81. The average molecular weight is 311 g/mol. The molecule has 3 aromatic heterocycles. The zero-order valence-electron chi connectivity index (χ0n) is 12.3. The highest BCUT2D eigenvalue weighted by atomic mass is 32.1. The summed E-state index contributed by atoms with van der Waals surface area (Å²) in [7, 11) is 0. The smallest absolute Gasteiger partial charge is 0.224 e. The number of hydrogen-bond donors (Lipinski definition) is 1. The van der Waals surface area contributed by atoms with Gasteiger partial charge in [-0.3, -0.25) is 4.79 Å². The first kappa shape index (κ1) is 13.5. The maximum Gasteiger partial charge on any atom is 0.224 e. The molecule has 3 aromatic rings. The highest BCUT2D eigenvalue weighted by Gasteiger charge is 2.44. The zero-order chi connectivity index (χ0) is 15.1. The molecule has 1 amide bonds. The van der Waals surface area contributed by atoms with Gasteiger partial charge in [0.2, 0.25) is 5.91 Å². The van der Waals surface area contributed by atoms with E-state index in [0.717, 1.165) is 17.8 Å². The van der Waals surface area contributed by atoms with Crippen molar-refractivity contribution < 1.29 is 4.79 Å². The molecule has 3 heterocycles. The van der Waals surface area contributed by atoms with Crippen LogP contribution in [-0.4, -0.2) is 15.3 Å². The van der Waals surface area contributed by atoms with Crippen LogP contribution in [-0.2, 0) is 11.3 Å². The summed E-state index contributed by atoms with van der Waals surface area (Å²) in [5.74, 6) is 0.697. The number of carbonyl (C=O) groups excluding carboxylic acids is 1. The number of nitrogens with zero attached hydrogens (tertiary/aromatic N) is 2. The predicted octanol–water partition coefficient (Wildman–Crippen LogP) is 3.12. The maximum absolute atomic E-state index is 12.2. The molecule has 0 aromatic carbocycles. The van der Waals surface area contributed by atoms with Gasteiger partial charge in [0.05, 0.1) is 12.2 Å². The molecule has 1 aliphatic carbocycles. The van der Waals surface area contributed by atoms with E-state index in [1.165, 1.54) is 9.75 Å². The van der Waals surface area contributed by atoms with Crippen molar-refractivity contribution in [3.05, 3.63) is 58.2 Å². The summed E-state index contributed by atoms with van der Waals surface area (Å²) in [6, 6.07) is 10.2. The minimum atomic E-state index is 0.134. The number of imidazole rings is 1. The van der Waals surface area contributed by atoms with Crippen molar-refractivity contribution >= 4 is 22.9 Å². The van der Waals surface area contributed by atoms with Crippen molar-refractivity contribution in [1.29, 1.82) is 0 Å². The molecule has 4 rings (SSSR count). The van der Waals surface area contributed by atoms with Crippen LogP contribution < -0.4 is 5.32 Å². The number of fused-ring (bicyclic) bond motifs is 1. The van der Waals surface area contributed by atoms with E-state index >= 15 is 0 Å². The Labute approximate surface area is 132 Å². The second-order valence-corrected chi connectivity index (χ2v) is 7.13. The highest BCUT2D eigenvalue weighted by Crippen LogP contribution is 2.49. The Bertz CT molecular complexity index is 802. The predicted molar refractivity (Wildman–Crippen MR) is 86.9 cm³/mol. The Kier molecular flexibility index (Phi) is 3.22. The average Bonchev–Trinajstić information content (AvgIpc) is 3.02. The number of thiophene rings is 1. The largest absolute Gasteiger partial charge is 0.350 e. The van der Waals surface area contributed by atoms with E-state index in [4.69, 9.17) is 0 Å². The summed E-state index contributed by atoms with van der Waals surface area (Å²) in [4.78, 5) is 19.4. The second kappa shape index (κ2) is 5.25. The third-order valence-electron chi connectivity index (χ3n) is 4.11. The van der Waals surface area contributed by atoms with Crippen LogP contribution in [0.25, 0.3) is 5.65 Å². The first-order valence-electron chi connectivity index (χ1n) is 7.47. The summed E-state index contributed by atoms with van der Waals surface area (Å²) in [6.07, 6.45) is 4.89. The highest BCUT2D eigenvalue weighted by molar-refractivity contribution is 7.12. The molecule has 0 spiro atoms. The molecule has 0 saturated heterocycles. The molecular weight excluding hydrogens is 294 g/mol. The topological polar surface area (TPSA) is 46.4 Å². The van der Waals surface area contributed by atoms with Crippen LogP contribution in [0, 0.1) is 12.8 Å². The fourth-order valence-corrected chi connectivity index (χ4v) is 3.89. The molecule has 0 radical (unpaired) electrons. The summed E-state index contributed by atoms with van der Waals surface area (Å²) < 4.78 is 1.97. The van der Waals surface area contributed by atoms with Crippen molar-refractivity contribution in [1.82, 2.24) is 14.7 Å².